The van der Waals surface area contributed by atoms with E-state index in [0.717, 1.165) is 16.7 Å². The van der Waals surface area contributed by atoms with Crippen LogP contribution in [0.5, 0.6) is 11.5 Å². The summed E-state index contributed by atoms with van der Waals surface area (Å²) in [6.07, 6.45) is 0. The molecular formula is C17H18ClFO2. The fraction of sp³-hybridized carbons (Fsp3) is 0.294. The Bertz CT molecular complexity index is 596. The van der Waals surface area contributed by atoms with Gasteiger partial charge in [0, 0.05) is 5.56 Å². The highest BCUT2D eigenvalue weighted by Gasteiger charge is 2.17. The van der Waals surface area contributed by atoms with E-state index in [1.54, 1.807) is 12.1 Å². The van der Waals surface area contributed by atoms with E-state index in [1.807, 2.05) is 26.0 Å². The van der Waals surface area contributed by atoms with Gasteiger partial charge in [0.1, 0.15) is 17.3 Å². The third-order valence-corrected chi connectivity index (χ3v) is 3.35. The number of ether oxygens (including phenoxy) is 2. The van der Waals surface area contributed by atoms with Gasteiger partial charge in [-0.05, 0) is 37.6 Å². The van der Waals surface area contributed by atoms with E-state index in [2.05, 4.69) is 0 Å². The van der Waals surface area contributed by atoms with Gasteiger partial charge in [0.05, 0.1) is 24.7 Å². The van der Waals surface area contributed by atoms with Crippen molar-refractivity contribution in [2.75, 3.05) is 13.2 Å². The van der Waals surface area contributed by atoms with Crippen molar-refractivity contribution >= 4 is 11.6 Å². The van der Waals surface area contributed by atoms with Crippen LogP contribution in [0, 0.1) is 5.82 Å². The predicted molar refractivity (Wildman–Crippen MR) is 83.7 cm³/mol. The summed E-state index contributed by atoms with van der Waals surface area (Å²) in [6, 6.07) is 10.1. The third kappa shape index (κ3) is 3.48. The molecule has 0 saturated carbocycles. The number of hydrogen-bond donors (Lipinski definition) is 0. The normalized spacial score (nSPS) is 10.5. The maximum atomic E-state index is 13.2. The molecule has 0 aromatic heterocycles. The minimum Gasteiger partial charge on any atom is -0.493 e. The Kier molecular flexibility index (Phi) is 5.45. The van der Waals surface area contributed by atoms with Crippen LogP contribution in [-0.2, 0) is 5.88 Å². The Morgan fingerprint density at radius 1 is 0.952 bits per heavy atom. The van der Waals surface area contributed by atoms with Crippen molar-refractivity contribution in [2.45, 2.75) is 19.7 Å². The van der Waals surface area contributed by atoms with E-state index < -0.39 is 0 Å². The summed E-state index contributed by atoms with van der Waals surface area (Å²) in [6.45, 7) is 4.90. The molecular weight excluding hydrogens is 291 g/mol. The van der Waals surface area contributed by atoms with Crippen LogP contribution >= 0.6 is 11.6 Å². The SMILES string of the molecule is CCOc1ccc(CCl)c(OCC)c1-c1ccc(F)cc1. The monoisotopic (exact) mass is 308 g/mol. The minimum absolute atomic E-state index is 0.275. The molecule has 2 aromatic rings. The second kappa shape index (κ2) is 7.32. The van der Waals surface area contributed by atoms with Crippen LogP contribution in [0.1, 0.15) is 19.4 Å². The van der Waals surface area contributed by atoms with Crippen LogP contribution in [0.4, 0.5) is 4.39 Å². The van der Waals surface area contributed by atoms with Gasteiger partial charge < -0.3 is 9.47 Å². The second-order valence-electron chi connectivity index (χ2n) is 4.43. The van der Waals surface area contributed by atoms with Crippen molar-refractivity contribution in [3.63, 3.8) is 0 Å². The zero-order valence-electron chi connectivity index (χ0n) is 12.2. The summed E-state index contributed by atoms with van der Waals surface area (Å²) in [5.74, 6) is 1.48. The van der Waals surface area contributed by atoms with Gasteiger partial charge in [-0.2, -0.15) is 0 Å². The number of rotatable bonds is 6. The second-order valence-corrected chi connectivity index (χ2v) is 4.70. The molecule has 0 radical (unpaired) electrons. The van der Waals surface area contributed by atoms with Crippen LogP contribution in [-0.4, -0.2) is 13.2 Å². The molecule has 0 N–H and O–H groups in total. The van der Waals surface area contributed by atoms with Crippen LogP contribution in [0.2, 0.25) is 0 Å². The zero-order valence-corrected chi connectivity index (χ0v) is 12.9. The number of benzene rings is 2. The zero-order chi connectivity index (χ0) is 15.2. The Balaban J connectivity index is 2.64. The van der Waals surface area contributed by atoms with Crippen molar-refractivity contribution in [1.82, 2.24) is 0 Å². The van der Waals surface area contributed by atoms with E-state index in [9.17, 15) is 4.39 Å². The van der Waals surface area contributed by atoms with Crippen LogP contribution < -0.4 is 9.47 Å². The van der Waals surface area contributed by atoms with E-state index >= 15 is 0 Å². The quantitative estimate of drug-likeness (QED) is 0.697. The van der Waals surface area contributed by atoms with E-state index in [-0.39, 0.29) is 5.82 Å². The van der Waals surface area contributed by atoms with Gasteiger partial charge >= 0.3 is 0 Å². The standard InChI is InChI=1S/C17H18ClFO2/c1-3-20-15-10-7-13(11-18)17(21-4-2)16(15)12-5-8-14(19)9-6-12/h5-10H,3-4,11H2,1-2H3. The molecule has 0 bridgehead atoms. The number of alkyl halides is 1. The van der Waals surface area contributed by atoms with Crippen LogP contribution in [0.15, 0.2) is 36.4 Å². The highest BCUT2D eigenvalue weighted by Crippen LogP contribution is 2.41. The molecule has 2 rings (SSSR count). The lowest BCUT2D eigenvalue weighted by molar-refractivity contribution is 0.324. The fourth-order valence-corrected chi connectivity index (χ4v) is 2.40. The fourth-order valence-electron chi connectivity index (χ4n) is 2.19. The lowest BCUT2D eigenvalue weighted by Gasteiger charge is -2.18. The molecule has 112 valence electrons. The van der Waals surface area contributed by atoms with Gasteiger partial charge in [0.25, 0.3) is 0 Å². The molecule has 4 heteroatoms. The Labute approximate surface area is 129 Å². The lowest BCUT2D eigenvalue weighted by Crippen LogP contribution is -2.02. The van der Waals surface area contributed by atoms with Gasteiger partial charge in [0.2, 0.25) is 0 Å². The van der Waals surface area contributed by atoms with Crippen molar-refractivity contribution in [3.8, 4) is 22.6 Å². The van der Waals surface area contributed by atoms with Crippen molar-refractivity contribution < 1.29 is 13.9 Å². The molecule has 0 amide bonds. The maximum Gasteiger partial charge on any atom is 0.135 e. The first kappa shape index (κ1) is 15.6. The summed E-state index contributed by atoms with van der Waals surface area (Å²) in [7, 11) is 0. The molecule has 2 aromatic carbocycles. The maximum absolute atomic E-state index is 13.2. The van der Waals surface area contributed by atoms with Gasteiger partial charge in [-0.25, -0.2) is 4.39 Å². The third-order valence-electron chi connectivity index (χ3n) is 3.07. The molecule has 0 heterocycles. The molecule has 0 unspecified atom stereocenters. The molecule has 0 aliphatic carbocycles. The average molecular weight is 309 g/mol. The number of hydrogen-bond acceptors (Lipinski definition) is 2. The molecule has 0 aliphatic rings. The van der Waals surface area contributed by atoms with Crippen LogP contribution in [0.25, 0.3) is 11.1 Å². The van der Waals surface area contributed by atoms with E-state index in [4.69, 9.17) is 21.1 Å². The average Bonchev–Trinajstić information content (AvgIpc) is 2.49. The van der Waals surface area contributed by atoms with Gasteiger partial charge in [0.15, 0.2) is 0 Å². The molecule has 2 nitrogen and oxygen atoms in total. The highest BCUT2D eigenvalue weighted by molar-refractivity contribution is 6.17. The molecule has 0 fully saturated rings. The van der Waals surface area contributed by atoms with Gasteiger partial charge in [-0.3, -0.25) is 0 Å². The summed E-state index contributed by atoms with van der Waals surface area (Å²) in [4.78, 5) is 0. The predicted octanol–water partition coefficient (Wildman–Crippen LogP) is 5.03. The molecule has 0 atom stereocenters. The molecule has 0 saturated heterocycles. The highest BCUT2D eigenvalue weighted by atomic mass is 35.5. The summed E-state index contributed by atoms with van der Waals surface area (Å²) in [5, 5.41) is 0. The first-order valence-corrected chi connectivity index (χ1v) is 7.48. The van der Waals surface area contributed by atoms with Crippen molar-refractivity contribution in [1.29, 1.82) is 0 Å². The first-order chi connectivity index (χ1) is 10.2. The van der Waals surface area contributed by atoms with E-state index in [1.165, 1.54) is 12.1 Å². The topological polar surface area (TPSA) is 18.5 Å². The van der Waals surface area contributed by atoms with Gasteiger partial charge in [-0.15, -0.1) is 11.6 Å². The Morgan fingerprint density at radius 3 is 2.19 bits per heavy atom. The van der Waals surface area contributed by atoms with Crippen molar-refractivity contribution in [3.05, 3.63) is 47.8 Å². The minimum atomic E-state index is -0.275. The lowest BCUT2D eigenvalue weighted by atomic mass is 10.0. The first-order valence-electron chi connectivity index (χ1n) is 6.94. The number of halogens is 2. The van der Waals surface area contributed by atoms with E-state index in [0.29, 0.717) is 30.6 Å². The Morgan fingerprint density at radius 2 is 1.62 bits per heavy atom. The molecule has 0 spiro atoms. The molecule has 21 heavy (non-hydrogen) atoms. The largest absolute Gasteiger partial charge is 0.493 e. The summed E-state index contributed by atoms with van der Waals surface area (Å²) < 4.78 is 24.6. The summed E-state index contributed by atoms with van der Waals surface area (Å²) >= 11 is 6.00. The van der Waals surface area contributed by atoms with Crippen LogP contribution in [0.3, 0.4) is 0 Å². The Hall–Kier alpha value is -1.74. The summed E-state index contributed by atoms with van der Waals surface area (Å²) in [5.41, 5.74) is 2.55. The van der Waals surface area contributed by atoms with Crippen molar-refractivity contribution in [2.24, 2.45) is 0 Å². The smallest absolute Gasteiger partial charge is 0.135 e. The van der Waals surface area contributed by atoms with Gasteiger partial charge in [-0.1, -0.05) is 18.2 Å². The molecule has 0 aliphatic heterocycles.